The number of fused-ring (bicyclic) bond motifs is 1. The summed E-state index contributed by atoms with van der Waals surface area (Å²) in [7, 11) is -4.22. The van der Waals surface area contributed by atoms with Crippen LogP contribution in [-0.2, 0) is 23.4 Å². The van der Waals surface area contributed by atoms with Crippen molar-refractivity contribution in [3.05, 3.63) is 36.7 Å². The smallest absolute Gasteiger partial charge is 0.459 e. The van der Waals surface area contributed by atoms with Gasteiger partial charge < -0.3 is 30.2 Å². The van der Waals surface area contributed by atoms with E-state index in [4.69, 9.17) is 24.3 Å². The van der Waals surface area contributed by atoms with E-state index >= 15 is 0 Å². The van der Waals surface area contributed by atoms with Crippen LogP contribution in [0.1, 0.15) is 32.9 Å². The minimum atomic E-state index is -4.22. The van der Waals surface area contributed by atoms with Crippen molar-refractivity contribution >= 4 is 36.6 Å². The average Bonchev–Trinajstić information content (AvgIpc) is 3.57. The highest BCUT2D eigenvalue weighted by atomic mass is 31.2. The first-order valence-corrected chi connectivity index (χ1v) is 14.8. The number of halogens is 1. The number of nitrogen functional groups attached to an aromatic ring is 1. The van der Waals surface area contributed by atoms with Gasteiger partial charge in [0.15, 0.2) is 17.0 Å². The molecule has 2 aromatic heterocycles. The predicted molar refractivity (Wildman–Crippen MR) is 146 cm³/mol. The van der Waals surface area contributed by atoms with E-state index in [9.17, 15) is 18.9 Å². The van der Waals surface area contributed by atoms with Crippen LogP contribution in [0.25, 0.3) is 11.2 Å². The summed E-state index contributed by atoms with van der Waals surface area (Å²) in [6.07, 6.45) is -0.0711. The Morgan fingerprint density at radius 1 is 1.32 bits per heavy atom. The van der Waals surface area contributed by atoms with Crippen LogP contribution in [0.15, 0.2) is 36.7 Å². The van der Waals surface area contributed by atoms with Gasteiger partial charge in [0, 0.05) is 6.04 Å². The molecule has 1 saturated carbocycles. The van der Waals surface area contributed by atoms with Crippen molar-refractivity contribution in [3.8, 4) is 5.75 Å². The van der Waals surface area contributed by atoms with Crippen LogP contribution in [0.4, 0.5) is 16.2 Å². The maximum absolute atomic E-state index is 14.3. The maximum atomic E-state index is 14.3. The van der Waals surface area contributed by atoms with Gasteiger partial charge in [0.25, 0.3) is 0 Å². The second-order valence-electron chi connectivity index (χ2n) is 9.85. The first kappa shape index (κ1) is 29.1. The lowest BCUT2D eigenvalue weighted by Gasteiger charge is -2.24. The molecule has 5 rings (SSSR count). The number of ether oxygens (including phenoxy) is 2. The second-order valence-corrected chi connectivity index (χ2v) is 11.5. The molecule has 14 nitrogen and oxygen atoms in total. The number of imidazole rings is 1. The molecule has 6 atom stereocenters. The highest BCUT2D eigenvalue weighted by molar-refractivity contribution is 7.52. The van der Waals surface area contributed by atoms with Crippen LogP contribution in [0.2, 0.25) is 0 Å². The molecular weight excluding hydrogens is 560 g/mol. The zero-order valence-corrected chi connectivity index (χ0v) is 23.4. The Bertz CT molecular complexity index is 1410. The number of nitrogens with two attached hydrogens (primary N) is 1. The summed E-state index contributed by atoms with van der Waals surface area (Å²) in [5.74, 6) is -1.02. The van der Waals surface area contributed by atoms with Gasteiger partial charge in [-0.1, -0.05) is 18.2 Å². The number of benzene rings is 1. The third kappa shape index (κ3) is 6.60. The van der Waals surface area contributed by atoms with Crippen LogP contribution in [0.3, 0.4) is 0 Å². The van der Waals surface area contributed by atoms with Gasteiger partial charge in [-0.15, -0.1) is 0 Å². The molecule has 1 unspecified atom stereocenters. The number of aliphatic hydroxyl groups excluding tert-OH is 1. The van der Waals surface area contributed by atoms with Crippen molar-refractivity contribution in [3.63, 3.8) is 0 Å². The van der Waals surface area contributed by atoms with Crippen molar-refractivity contribution < 1.29 is 37.4 Å². The number of aliphatic hydroxyl groups is 1. The Morgan fingerprint density at radius 3 is 2.76 bits per heavy atom. The third-order valence-corrected chi connectivity index (χ3v) is 8.32. The van der Waals surface area contributed by atoms with Crippen LogP contribution >= 0.6 is 7.75 Å². The van der Waals surface area contributed by atoms with Gasteiger partial charge in [0.05, 0.1) is 38.2 Å². The Morgan fingerprint density at radius 2 is 2.07 bits per heavy atom. The molecule has 16 heteroatoms. The lowest BCUT2D eigenvalue weighted by Crippen LogP contribution is -2.37. The fourth-order valence-corrected chi connectivity index (χ4v) is 5.96. The lowest BCUT2D eigenvalue weighted by molar-refractivity contribution is -0.144. The lowest BCUT2D eigenvalue weighted by atomic mass is 10.0. The summed E-state index contributed by atoms with van der Waals surface area (Å²) in [6, 6.07) is 7.44. The summed E-state index contributed by atoms with van der Waals surface area (Å²) < 4.78 is 51.8. The molecule has 2 aliphatic rings. The molecule has 0 spiro atoms. The van der Waals surface area contributed by atoms with E-state index in [0.717, 1.165) is 12.8 Å². The SMILES string of the molecule is CCOC(=O)C(C)N[P@@](=O)(OC[C@H]1O[C@@H](n2cnc3c(NC4CC4)nc(N)nc32)[C@@H](CF)[C@@H]1O)Oc1ccccc1. The molecule has 1 aromatic carbocycles. The minimum Gasteiger partial charge on any atom is -0.465 e. The monoisotopic (exact) mass is 593 g/mol. The average molecular weight is 594 g/mol. The molecule has 2 fully saturated rings. The van der Waals surface area contributed by atoms with E-state index in [1.54, 1.807) is 37.3 Å². The Kier molecular flexibility index (Phi) is 8.71. The number of esters is 1. The summed E-state index contributed by atoms with van der Waals surface area (Å²) in [5.41, 5.74) is 6.67. The van der Waals surface area contributed by atoms with Gasteiger partial charge >= 0.3 is 13.7 Å². The van der Waals surface area contributed by atoms with Crippen LogP contribution < -0.4 is 20.7 Å². The van der Waals surface area contributed by atoms with E-state index in [2.05, 4.69) is 25.4 Å². The number of rotatable bonds is 13. The zero-order chi connectivity index (χ0) is 29.1. The topological polar surface area (TPSA) is 185 Å². The van der Waals surface area contributed by atoms with Gasteiger partial charge in [-0.2, -0.15) is 15.1 Å². The second kappa shape index (κ2) is 12.2. The number of para-hydroxylation sites is 1. The molecule has 5 N–H and O–H groups in total. The summed E-state index contributed by atoms with van der Waals surface area (Å²) in [4.78, 5) is 25.1. The van der Waals surface area contributed by atoms with Crippen molar-refractivity contribution in [2.24, 2.45) is 5.92 Å². The van der Waals surface area contributed by atoms with Gasteiger partial charge in [-0.25, -0.2) is 9.55 Å². The Balaban J connectivity index is 1.35. The molecule has 3 heterocycles. The number of nitrogens with one attached hydrogen (secondary N) is 2. The number of hydrogen-bond acceptors (Lipinski definition) is 12. The molecule has 3 aromatic rings. The van der Waals surface area contributed by atoms with Crippen molar-refractivity contribution in [2.45, 2.75) is 57.2 Å². The molecule has 0 radical (unpaired) electrons. The third-order valence-electron chi connectivity index (χ3n) is 6.68. The molecule has 1 aliphatic carbocycles. The van der Waals surface area contributed by atoms with Gasteiger partial charge in [-0.3, -0.25) is 18.3 Å². The standard InChI is InChI=1S/C25H33FN7O7P/c1-3-37-24(35)14(2)32-41(36,40-16-7-5-4-6-8-16)38-12-18-20(34)17(11-26)23(39-18)33-13-28-19-21(29-15-9-10-15)30-25(27)31-22(19)33/h4-8,13-15,17-18,20,23,34H,3,9-12H2,1-2H3,(H,32,36)(H3,27,29,30,31)/t14?,17-,18+,20-,23+,41+/m0/s1. The molecule has 0 amide bonds. The number of nitrogens with zero attached hydrogens (tertiary/aromatic N) is 4. The van der Waals surface area contributed by atoms with E-state index < -0.39 is 57.4 Å². The van der Waals surface area contributed by atoms with Crippen LogP contribution in [0.5, 0.6) is 5.75 Å². The van der Waals surface area contributed by atoms with Crippen molar-refractivity contribution in [1.29, 1.82) is 0 Å². The van der Waals surface area contributed by atoms with E-state index in [1.165, 1.54) is 17.8 Å². The number of anilines is 2. The summed E-state index contributed by atoms with van der Waals surface area (Å²) >= 11 is 0. The molecule has 0 bridgehead atoms. The Labute approximate surface area is 235 Å². The fourth-order valence-electron chi connectivity index (χ4n) is 4.46. The fraction of sp³-hybridized carbons (Fsp3) is 0.520. The molecule has 1 aliphatic heterocycles. The Hall–Kier alpha value is -3.36. The quantitative estimate of drug-likeness (QED) is 0.168. The highest BCUT2D eigenvalue weighted by Crippen LogP contribution is 2.46. The molecule has 41 heavy (non-hydrogen) atoms. The van der Waals surface area contributed by atoms with Crippen molar-refractivity contribution in [2.75, 3.05) is 30.9 Å². The highest BCUT2D eigenvalue weighted by Gasteiger charge is 2.47. The molecular formula is C25H33FN7O7P. The van der Waals surface area contributed by atoms with E-state index in [0.29, 0.717) is 17.0 Å². The molecule has 222 valence electrons. The largest absolute Gasteiger partial charge is 0.465 e. The first-order chi connectivity index (χ1) is 19.7. The van der Waals surface area contributed by atoms with E-state index in [-0.39, 0.29) is 24.3 Å². The van der Waals surface area contributed by atoms with Crippen LogP contribution in [-0.4, -0.2) is 74.8 Å². The maximum Gasteiger partial charge on any atom is 0.459 e. The number of aromatic nitrogens is 4. The summed E-state index contributed by atoms with van der Waals surface area (Å²) in [6.45, 7) is 1.82. The minimum absolute atomic E-state index is 0.00146. The zero-order valence-electron chi connectivity index (χ0n) is 22.6. The van der Waals surface area contributed by atoms with Crippen LogP contribution in [0, 0.1) is 5.92 Å². The van der Waals surface area contributed by atoms with Gasteiger partial charge in [-0.05, 0) is 38.8 Å². The van der Waals surface area contributed by atoms with Gasteiger partial charge in [0.1, 0.15) is 24.1 Å². The van der Waals surface area contributed by atoms with Gasteiger partial charge in [0.2, 0.25) is 5.95 Å². The van der Waals surface area contributed by atoms with Crippen molar-refractivity contribution in [1.82, 2.24) is 24.6 Å². The summed E-state index contributed by atoms with van der Waals surface area (Å²) in [5, 5.41) is 16.8. The normalized spacial score (nSPS) is 24.6. The number of carbonyl (C=O) groups excluding carboxylic acids is 1. The predicted octanol–water partition coefficient (Wildman–Crippen LogP) is 2.57. The number of hydrogen-bond donors (Lipinski definition) is 4. The van der Waals surface area contributed by atoms with E-state index in [1.807, 2.05) is 0 Å². The number of alkyl halides is 1. The number of carbonyl (C=O) groups is 1. The first-order valence-electron chi connectivity index (χ1n) is 13.3. The molecule has 1 saturated heterocycles.